The van der Waals surface area contributed by atoms with Crippen LogP contribution in [0.4, 0.5) is 11.4 Å². The van der Waals surface area contributed by atoms with Crippen LogP contribution in [0, 0.1) is 0 Å². The van der Waals surface area contributed by atoms with Crippen molar-refractivity contribution in [3.05, 3.63) is 54.6 Å². The summed E-state index contributed by atoms with van der Waals surface area (Å²) in [5.74, 6) is 0.894. The molecule has 2 aromatic rings. The Balaban J connectivity index is 1.34. The highest BCUT2D eigenvalue weighted by molar-refractivity contribution is 5.92. The molecule has 0 aliphatic carbocycles. The van der Waals surface area contributed by atoms with Gasteiger partial charge in [-0.05, 0) is 62.7 Å². The summed E-state index contributed by atoms with van der Waals surface area (Å²) >= 11 is 0. The van der Waals surface area contributed by atoms with Gasteiger partial charge in [0.2, 0.25) is 5.91 Å². The molecule has 5 nitrogen and oxygen atoms in total. The highest BCUT2D eigenvalue weighted by atomic mass is 16.5. The Morgan fingerprint density at radius 3 is 2.48 bits per heavy atom. The van der Waals surface area contributed by atoms with Gasteiger partial charge in [0.15, 0.2) is 0 Å². The fourth-order valence-electron chi connectivity index (χ4n) is 3.30. The molecule has 144 valence electrons. The molecule has 0 radical (unpaired) electrons. The molecule has 0 bridgehead atoms. The molecule has 2 aromatic carbocycles. The van der Waals surface area contributed by atoms with Crippen molar-refractivity contribution in [1.82, 2.24) is 4.90 Å². The van der Waals surface area contributed by atoms with Crippen LogP contribution in [-0.2, 0) is 4.79 Å². The smallest absolute Gasteiger partial charge is 0.238 e. The number of anilines is 2. The number of benzene rings is 2. The Morgan fingerprint density at radius 1 is 1.07 bits per heavy atom. The predicted octanol–water partition coefficient (Wildman–Crippen LogP) is 3.63. The zero-order valence-corrected chi connectivity index (χ0v) is 16.1. The summed E-state index contributed by atoms with van der Waals surface area (Å²) in [5.41, 5.74) is 2.09. The number of nitrogens with one attached hydrogen (secondary N) is 1. The Kier molecular flexibility index (Phi) is 7.11. The molecule has 1 fully saturated rings. The summed E-state index contributed by atoms with van der Waals surface area (Å²) in [4.78, 5) is 16.6. The van der Waals surface area contributed by atoms with Gasteiger partial charge in [-0.2, -0.15) is 0 Å². The third kappa shape index (κ3) is 6.29. The van der Waals surface area contributed by atoms with Crippen molar-refractivity contribution in [1.29, 1.82) is 0 Å². The minimum Gasteiger partial charge on any atom is -0.494 e. The number of rotatable bonds is 9. The molecule has 27 heavy (non-hydrogen) atoms. The summed E-state index contributed by atoms with van der Waals surface area (Å²) in [7, 11) is 1.96. The lowest BCUT2D eigenvalue weighted by Crippen LogP contribution is -2.31. The topological polar surface area (TPSA) is 44.8 Å². The molecule has 0 unspecified atom stereocenters. The van der Waals surface area contributed by atoms with Gasteiger partial charge in [0.05, 0.1) is 13.2 Å². The highest BCUT2D eigenvalue weighted by Gasteiger charge is 2.12. The Bertz CT molecular complexity index is 697. The molecule has 0 spiro atoms. The quantitative estimate of drug-likeness (QED) is 0.688. The lowest BCUT2D eigenvalue weighted by atomic mass is 10.2. The molecule has 1 saturated heterocycles. The van der Waals surface area contributed by atoms with Crippen molar-refractivity contribution in [2.24, 2.45) is 0 Å². The fourth-order valence-corrected chi connectivity index (χ4v) is 3.30. The van der Waals surface area contributed by atoms with E-state index in [1.165, 1.54) is 18.5 Å². The fraction of sp³-hybridized carbons (Fsp3) is 0.409. The van der Waals surface area contributed by atoms with Gasteiger partial charge in [0, 0.05) is 31.0 Å². The summed E-state index contributed by atoms with van der Waals surface area (Å²) in [6, 6.07) is 17.9. The van der Waals surface area contributed by atoms with E-state index >= 15 is 0 Å². The first kappa shape index (κ1) is 19.2. The Labute approximate surface area is 161 Å². The number of para-hydroxylation sites is 1. The molecule has 5 heteroatoms. The minimum absolute atomic E-state index is 0.00963. The molecule has 0 aromatic heterocycles. The number of hydrogen-bond acceptors (Lipinski definition) is 4. The van der Waals surface area contributed by atoms with Crippen molar-refractivity contribution in [3.63, 3.8) is 0 Å². The van der Waals surface area contributed by atoms with Gasteiger partial charge >= 0.3 is 0 Å². The lowest BCUT2D eigenvalue weighted by Gasteiger charge is -2.18. The number of hydrogen-bond donors (Lipinski definition) is 1. The van der Waals surface area contributed by atoms with Gasteiger partial charge in [-0.1, -0.05) is 18.2 Å². The normalized spacial score (nSPS) is 13.8. The van der Waals surface area contributed by atoms with Crippen molar-refractivity contribution in [2.75, 3.05) is 50.1 Å². The molecule has 1 N–H and O–H groups in total. The number of carbonyl (C=O) groups excluding carboxylic acids is 1. The number of carbonyl (C=O) groups is 1. The maximum atomic E-state index is 12.2. The van der Waals surface area contributed by atoms with E-state index in [2.05, 4.69) is 22.3 Å². The molecule has 0 saturated carbocycles. The first-order valence-corrected chi connectivity index (χ1v) is 9.72. The standard InChI is InChI=1S/C22H29N3O2/c1-24(14-7-17-27-21-8-3-2-4-9-21)18-22(26)23-19-10-12-20(13-11-19)25-15-5-6-16-25/h2-4,8-13H,5-7,14-18H2,1H3,(H,23,26). The Morgan fingerprint density at radius 2 is 1.78 bits per heavy atom. The molecule has 1 aliphatic heterocycles. The maximum Gasteiger partial charge on any atom is 0.238 e. The third-order valence-corrected chi connectivity index (χ3v) is 4.73. The molecule has 0 atom stereocenters. The van der Waals surface area contributed by atoms with E-state index in [1.807, 2.05) is 54.4 Å². The predicted molar refractivity (Wildman–Crippen MR) is 111 cm³/mol. The van der Waals surface area contributed by atoms with Gasteiger partial charge in [-0.25, -0.2) is 0 Å². The molecular formula is C22H29N3O2. The zero-order chi connectivity index (χ0) is 18.9. The average Bonchev–Trinajstić information content (AvgIpc) is 3.21. The van der Waals surface area contributed by atoms with E-state index in [4.69, 9.17) is 4.74 Å². The van der Waals surface area contributed by atoms with Gasteiger partial charge < -0.3 is 15.0 Å². The van der Waals surface area contributed by atoms with Crippen molar-refractivity contribution in [2.45, 2.75) is 19.3 Å². The van der Waals surface area contributed by atoms with Crippen molar-refractivity contribution < 1.29 is 9.53 Å². The monoisotopic (exact) mass is 367 g/mol. The SMILES string of the molecule is CN(CCCOc1ccccc1)CC(=O)Nc1ccc(N2CCCC2)cc1. The molecule has 3 rings (SSSR count). The number of nitrogens with zero attached hydrogens (tertiary/aromatic N) is 2. The van der Waals surface area contributed by atoms with Crippen LogP contribution in [0.5, 0.6) is 5.75 Å². The van der Waals surface area contributed by atoms with Crippen LogP contribution in [0.1, 0.15) is 19.3 Å². The van der Waals surface area contributed by atoms with Crippen molar-refractivity contribution in [3.8, 4) is 5.75 Å². The second-order valence-corrected chi connectivity index (χ2v) is 7.04. The van der Waals surface area contributed by atoms with E-state index < -0.39 is 0 Å². The van der Waals surface area contributed by atoms with Gasteiger partial charge in [0.1, 0.15) is 5.75 Å². The maximum absolute atomic E-state index is 12.2. The molecule has 1 heterocycles. The summed E-state index contributed by atoms with van der Waals surface area (Å²) in [6.07, 6.45) is 3.41. The van der Waals surface area contributed by atoms with E-state index in [9.17, 15) is 4.79 Å². The summed E-state index contributed by atoms with van der Waals surface area (Å²) in [5, 5.41) is 2.98. The molecule has 1 aliphatic rings. The van der Waals surface area contributed by atoms with Gasteiger partial charge in [-0.3, -0.25) is 9.69 Å². The van der Waals surface area contributed by atoms with Gasteiger partial charge in [0.25, 0.3) is 0 Å². The second kappa shape index (κ2) is 9.97. The van der Waals surface area contributed by atoms with E-state index in [-0.39, 0.29) is 5.91 Å². The van der Waals surface area contributed by atoms with E-state index in [1.54, 1.807) is 0 Å². The largest absolute Gasteiger partial charge is 0.494 e. The van der Waals surface area contributed by atoms with Crippen LogP contribution in [0.3, 0.4) is 0 Å². The van der Waals surface area contributed by atoms with Crippen LogP contribution in [0.15, 0.2) is 54.6 Å². The zero-order valence-electron chi connectivity index (χ0n) is 16.1. The summed E-state index contributed by atoms with van der Waals surface area (Å²) < 4.78 is 5.68. The molecular weight excluding hydrogens is 338 g/mol. The first-order chi connectivity index (χ1) is 13.2. The van der Waals surface area contributed by atoms with Crippen LogP contribution in [0.25, 0.3) is 0 Å². The summed E-state index contributed by atoms with van der Waals surface area (Å²) in [6.45, 7) is 4.09. The third-order valence-electron chi connectivity index (χ3n) is 4.73. The number of likely N-dealkylation sites (N-methyl/N-ethyl adjacent to an activating group) is 1. The highest BCUT2D eigenvalue weighted by Crippen LogP contribution is 2.22. The second-order valence-electron chi connectivity index (χ2n) is 7.04. The lowest BCUT2D eigenvalue weighted by molar-refractivity contribution is -0.117. The van der Waals surface area contributed by atoms with Crippen LogP contribution in [0.2, 0.25) is 0 Å². The van der Waals surface area contributed by atoms with Crippen LogP contribution >= 0.6 is 0 Å². The first-order valence-electron chi connectivity index (χ1n) is 9.72. The van der Waals surface area contributed by atoms with Gasteiger partial charge in [-0.15, -0.1) is 0 Å². The minimum atomic E-state index is 0.00963. The number of ether oxygens (including phenoxy) is 1. The van der Waals surface area contributed by atoms with E-state index in [0.717, 1.165) is 37.5 Å². The van der Waals surface area contributed by atoms with Crippen LogP contribution in [-0.4, -0.2) is 50.6 Å². The molecule has 1 amide bonds. The van der Waals surface area contributed by atoms with E-state index in [0.29, 0.717) is 13.2 Å². The Hall–Kier alpha value is -2.53. The number of amides is 1. The van der Waals surface area contributed by atoms with Crippen molar-refractivity contribution >= 4 is 17.3 Å². The average molecular weight is 367 g/mol. The van der Waals surface area contributed by atoms with Crippen LogP contribution < -0.4 is 15.0 Å².